The van der Waals surface area contributed by atoms with Crippen LogP contribution in [-0.4, -0.2) is 12.6 Å². The molecule has 1 N–H and O–H groups in total. The van der Waals surface area contributed by atoms with Gasteiger partial charge in [0.05, 0.1) is 12.6 Å². The average Bonchev–Trinajstić information content (AvgIpc) is 2.29. The van der Waals surface area contributed by atoms with E-state index in [1.807, 2.05) is 0 Å². The first-order valence-corrected chi connectivity index (χ1v) is 4.36. The number of nitriles is 1. The van der Waals surface area contributed by atoms with Gasteiger partial charge in [0.1, 0.15) is 0 Å². The molecule has 0 amide bonds. The van der Waals surface area contributed by atoms with Crippen molar-refractivity contribution in [3.05, 3.63) is 0 Å². The fourth-order valence-electron chi connectivity index (χ4n) is 2.01. The number of nitrogens with one attached hydrogen (secondary N) is 1. The SMILES string of the molecule is CC1CCC(C)C1NCC#N. The first-order chi connectivity index (χ1) is 5.25. The predicted octanol–water partition coefficient (Wildman–Crippen LogP) is 1.53. The summed E-state index contributed by atoms with van der Waals surface area (Å²) in [6.07, 6.45) is 2.62. The number of nitrogens with zero attached hydrogens (tertiary/aromatic N) is 1. The molecule has 2 nitrogen and oxygen atoms in total. The van der Waals surface area contributed by atoms with E-state index in [9.17, 15) is 0 Å². The summed E-state index contributed by atoms with van der Waals surface area (Å²) in [5, 5.41) is 11.7. The van der Waals surface area contributed by atoms with Gasteiger partial charge >= 0.3 is 0 Å². The Bertz CT molecular complexity index is 149. The van der Waals surface area contributed by atoms with Gasteiger partial charge in [0, 0.05) is 6.04 Å². The molecular formula is C9H16N2. The lowest BCUT2D eigenvalue weighted by atomic mass is 10.0. The monoisotopic (exact) mass is 152 g/mol. The van der Waals surface area contributed by atoms with E-state index in [-0.39, 0.29) is 0 Å². The maximum absolute atomic E-state index is 8.39. The molecule has 0 radical (unpaired) electrons. The molecule has 11 heavy (non-hydrogen) atoms. The molecule has 1 aliphatic rings. The van der Waals surface area contributed by atoms with Crippen LogP contribution >= 0.6 is 0 Å². The molecule has 1 saturated carbocycles. The molecule has 2 heteroatoms. The molecule has 1 rings (SSSR count). The van der Waals surface area contributed by atoms with Crippen molar-refractivity contribution in [1.82, 2.24) is 5.32 Å². The molecule has 2 atom stereocenters. The van der Waals surface area contributed by atoms with Gasteiger partial charge in [-0.25, -0.2) is 0 Å². The summed E-state index contributed by atoms with van der Waals surface area (Å²) in [5.41, 5.74) is 0. The molecule has 0 aromatic carbocycles. The molecule has 0 bridgehead atoms. The molecule has 0 heterocycles. The maximum Gasteiger partial charge on any atom is 0.0843 e. The summed E-state index contributed by atoms with van der Waals surface area (Å²) in [4.78, 5) is 0. The van der Waals surface area contributed by atoms with E-state index in [0.29, 0.717) is 12.6 Å². The second kappa shape index (κ2) is 3.73. The summed E-state index contributed by atoms with van der Waals surface area (Å²) in [6.45, 7) is 5.02. The van der Waals surface area contributed by atoms with Gasteiger partial charge < -0.3 is 5.32 Å². The quantitative estimate of drug-likeness (QED) is 0.609. The van der Waals surface area contributed by atoms with Crippen LogP contribution in [0.3, 0.4) is 0 Å². The first-order valence-electron chi connectivity index (χ1n) is 4.36. The van der Waals surface area contributed by atoms with Crippen LogP contribution in [0.15, 0.2) is 0 Å². The third kappa shape index (κ3) is 1.94. The van der Waals surface area contributed by atoms with Crippen LogP contribution in [0.25, 0.3) is 0 Å². The maximum atomic E-state index is 8.39. The van der Waals surface area contributed by atoms with Crippen LogP contribution in [0.1, 0.15) is 26.7 Å². The topological polar surface area (TPSA) is 35.8 Å². The lowest BCUT2D eigenvalue weighted by molar-refractivity contribution is 0.382. The van der Waals surface area contributed by atoms with Crippen LogP contribution in [-0.2, 0) is 0 Å². The Morgan fingerprint density at radius 1 is 1.36 bits per heavy atom. The lowest BCUT2D eigenvalue weighted by Gasteiger charge is -2.19. The van der Waals surface area contributed by atoms with Crippen molar-refractivity contribution >= 4 is 0 Å². The molecule has 62 valence electrons. The molecule has 1 aliphatic carbocycles. The van der Waals surface area contributed by atoms with E-state index in [0.717, 1.165) is 11.8 Å². The highest BCUT2D eigenvalue weighted by molar-refractivity contribution is 4.88. The second-order valence-corrected chi connectivity index (χ2v) is 3.60. The fourth-order valence-corrected chi connectivity index (χ4v) is 2.01. The molecule has 1 fully saturated rings. The van der Waals surface area contributed by atoms with Gasteiger partial charge in [-0.05, 0) is 24.7 Å². The van der Waals surface area contributed by atoms with E-state index in [1.54, 1.807) is 0 Å². The van der Waals surface area contributed by atoms with Crippen LogP contribution in [0.2, 0.25) is 0 Å². The van der Waals surface area contributed by atoms with Gasteiger partial charge in [0.2, 0.25) is 0 Å². The van der Waals surface area contributed by atoms with Crippen LogP contribution in [0, 0.1) is 23.2 Å². The number of rotatable bonds is 2. The number of hydrogen-bond acceptors (Lipinski definition) is 2. The van der Waals surface area contributed by atoms with Gasteiger partial charge in [-0.1, -0.05) is 13.8 Å². The van der Waals surface area contributed by atoms with Gasteiger partial charge in [-0.15, -0.1) is 0 Å². The molecular weight excluding hydrogens is 136 g/mol. The Hall–Kier alpha value is -0.550. The van der Waals surface area contributed by atoms with Crippen LogP contribution in [0.4, 0.5) is 0 Å². The highest BCUT2D eigenvalue weighted by atomic mass is 14.9. The van der Waals surface area contributed by atoms with Gasteiger partial charge in [-0.2, -0.15) is 5.26 Å². The second-order valence-electron chi connectivity index (χ2n) is 3.60. The van der Waals surface area contributed by atoms with Crippen molar-refractivity contribution in [2.75, 3.05) is 6.54 Å². The van der Waals surface area contributed by atoms with E-state index in [2.05, 4.69) is 25.2 Å². The van der Waals surface area contributed by atoms with Crippen molar-refractivity contribution in [1.29, 1.82) is 5.26 Å². The summed E-state index contributed by atoms with van der Waals surface area (Å²) in [6, 6.07) is 2.70. The van der Waals surface area contributed by atoms with Gasteiger partial charge in [0.15, 0.2) is 0 Å². The normalized spacial score (nSPS) is 37.0. The van der Waals surface area contributed by atoms with E-state index in [4.69, 9.17) is 5.26 Å². The Labute approximate surface area is 68.6 Å². The van der Waals surface area contributed by atoms with Crippen molar-refractivity contribution in [3.8, 4) is 6.07 Å². The zero-order valence-electron chi connectivity index (χ0n) is 7.30. The van der Waals surface area contributed by atoms with Crippen molar-refractivity contribution in [2.24, 2.45) is 11.8 Å². The van der Waals surface area contributed by atoms with Gasteiger partial charge in [0.25, 0.3) is 0 Å². The van der Waals surface area contributed by atoms with Crippen molar-refractivity contribution < 1.29 is 0 Å². The average molecular weight is 152 g/mol. The Balaban J connectivity index is 2.36. The number of hydrogen-bond donors (Lipinski definition) is 1. The molecule has 0 aromatic heterocycles. The molecule has 0 saturated heterocycles. The summed E-state index contributed by atoms with van der Waals surface area (Å²) in [5.74, 6) is 1.50. The van der Waals surface area contributed by atoms with E-state index in [1.165, 1.54) is 12.8 Å². The lowest BCUT2D eigenvalue weighted by Crippen LogP contribution is -2.35. The smallest absolute Gasteiger partial charge is 0.0843 e. The Kier molecular flexibility index (Phi) is 2.90. The minimum absolute atomic E-state index is 0.499. The third-order valence-electron chi connectivity index (χ3n) is 2.72. The Morgan fingerprint density at radius 2 is 1.91 bits per heavy atom. The zero-order valence-corrected chi connectivity index (χ0v) is 7.30. The molecule has 2 unspecified atom stereocenters. The first kappa shape index (κ1) is 8.55. The van der Waals surface area contributed by atoms with Crippen molar-refractivity contribution in [2.45, 2.75) is 32.7 Å². The highest BCUT2D eigenvalue weighted by Gasteiger charge is 2.29. The zero-order chi connectivity index (χ0) is 8.27. The fraction of sp³-hybridized carbons (Fsp3) is 0.889. The van der Waals surface area contributed by atoms with Crippen LogP contribution in [0.5, 0.6) is 0 Å². The molecule has 0 aromatic rings. The third-order valence-corrected chi connectivity index (χ3v) is 2.72. The van der Waals surface area contributed by atoms with E-state index < -0.39 is 0 Å². The summed E-state index contributed by atoms with van der Waals surface area (Å²) >= 11 is 0. The van der Waals surface area contributed by atoms with Crippen molar-refractivity contribution in [3.63, 3.8) is 0 Å². The minimum Gasteiger partial charge on any atom is -0.301 e. The largest absolute Gasteiger partial charge is 0.301 e. The van der Waals surface area contributed by atoms with E-state index >= 15 is 0 Å². The molecule has 0 spiro atoms. The van der Waals surface area contributed by atoms with Gasteiger partial charge in [-0.3, -0.25) is 0 Å². The Morgan fingerprint density at radius 3 is 2.36 bits per heavy atom. The highest BCUT2D eigenvalue weighted by Crippen LogP contribution is 2.30. The summed E-state index contributed by atoms with van der Waals surface area (Å²) < 4.78 is 0. The van der Waals surface area contributed by atoms with Crippen LogP contribution < -0.4 is 5.32 Å². The minimum atomic E-state index is 0.499. The molecule has 0 aliphatic heterocycles. The standard InChI is InChI=1S/C9H16N2/c1-7-3-4-8(2)9(7)11-6-5-10/h7-9,11H,3-4,6H2,1-2H3. The summed E-state index contributed by atoms with van der Waals surface area (Å²) in [7, 11) is 0. The predicted molar refractivity (Wildman–Crippen MR) is 45.0 cm³/mol.